The topological polar surface area (TPSA) is 3.24 Å². The number of hydrogen-bond donors (Lipinski definition) is 0. The molecule has 1 rings (SSSR count). The van der Waals surface area contributed by atoms with Gasteiger partial charge in [-0.3, -0.25) is 0 Å². The molecule has 0 saturated carbocycles. The highest BCUT2D eigenvalue weighted by molar-refractivity contribution is 7.80. The molecule has 2 heteroatoms. The fourth-order valence-corrected chi connectivity index (χ4v) is 1.65. The van der Waals surface area contributed by atoms with Crippen molar-refractivity contribution in [1.29, 1.82) is 0 Å². The zero-order valence-electron chi connectivity index (χ0n) is 9.51. The molecule has 0 spiro atoms. The second-order valence-electron chi connectivity index (χ2n) is 3.95. The molecule has 0 unspecified atom stereocenters. The molecule has 0 saturated heterocycles. The molecule has 0 heterocycles. The van der Waals surface area contributed by atoms with Gasteiger partial charge in [-0.25, -0.2) is 0 Å². The molecule has 14 heavy (non-hydrogen) atoms. The van der Waals surface area contributed by atoms with Crippen molar-refractivity contribution in [2.75, 3.05) is 14.1 Å². The quantitative estimate of drug-likeness (QED) is 0.651. The van der Waals surface area contributed by atoms with E-state index in [0.29, 0.717) is 0 Å². The second kappa shape index (κ2) is 4.09. The van der Waals surface area contributed by atoms with Crippen LogP contribution < -0.4 is 0 Å². The molecule has 0 aromatic heterocycles. The zero-order valence-corrected chi connectivity index (χ0v) is 10.3. The number of hydrogen-bond acceptors (Lipinski definition) is 1. The highest BCUT2D eigenvalue weighted by atomic mass is 32.1. The molecule has 1 nitrogen and oxygen atoms in total. The first-order valence-electron chi connectivity index (χ1n) is 4.73. The van der Waals surface area contributed by atoms with Crippen molar-refractivity contribution in [2.45, 2.75) is 20.8 Å². The molecule has 0 radical (unpaired) electrons. The summed E-state index contributed by atoms with van der Waals surface area (Å²) < 4.78 is 0. The third-order valence-electron chi connectivity index (χ3n) is 2.48. The van der Waals surface area contributed by atoms with Crippen molar-refractivity contribution in [2.24, 2.45) is 0 Å². The molecule has 1 aromatic carbocycles. The maximum absolute atomic E-state index is 5.36. The van der Waals surface area contributed by atoms with E-state index in [1.807, 2.05) is 19.0 Å². The number of rotatable bonds is 1. The van der Waals surface area contributed by atoms with Crippen molar-refractivity contribution in [1.82, 2.24) is 4.90 Å². The fraction of sp³-hybridized carbons (Fsp3) is 0.417. The molecular weight excluding hydrogens is 190 g/mol. The molecule has 0 N–H and O–H groups in total. The Bertz CT molecular complexity index is 367. The van der Waals surface area contributed by atoms with Crippen molar-refractivity contribution in [3.05, 3.63) is 34.4 Å². The van der Waals surface area contributed by atoms with Crippen molar-refractivity contribution in [3.63, 3.8) is 0 Å². The lowest BCUT2D eigenvalue weighted by molar-refractivity contribution is 0.636. The van der Waals surface area contributed by atoms with Gasteiger partial charge in [0.1, 0.15) is 4.99 Å². The molecule has 0 amide bonds. The van der Waals surface area contributed by atoms with Crippen LogP contribution in [-0.4, -0.2) is 24.0 Å². The van der Waals surface area contributed by atoms with E-state index >= 15 is 0 Å². The Balaban J connectivity index is 3.22. The average molecular weight is 207 g/mol. The molecule has 0 aliphatic rings. The molecule has 0 aliphatic carbocycles. The van der Waals surface area contributed by atoms with Gasteiger partial charge in [0.15, 0.2) is 0 Å². The van der Waals surface area contributed by atoms with Crippen LogP contribution in [0.3, 0.4) is 0 Å². The highest BCUT2D eigenvalue weighted by Crippen LogP contribution is 2.16. The summed E-state index contributed by atoms with van der Waals surface area (Å²) in [4.78, 5) is 2.89. The average Bonchev–Trinajstić information content (AvgIpc) is 2.10. The minimum Gasteiger partial charge on any atom is -0.368 e. The Hall–Kier alpha value is -0.890. The van der Waals surface area contributed by atoms with Gasteiger partial charge in [0.2, 0.25) is 0 Å². The van der Waals surface area contributed by atoms with Crippen LogP contribution in [0.2, 0.25) is 0 Å². The molecule has 1 aromatic rings. The summed E-state index contributed by atoms with van der Waals surface area (Å²) in [6.07, 6.45) is 0. The zero-order chi connectivity index (χ0) is 10.9. The Morgan fingerprint density at radius 3 is 2.00 bits per heavy atom. The Kier molecular flexibility index (Phi) is 3.27. The first-order chi connectivity index (χ1) is 6.43. The van der Waals surface area contributed by atoms with Crippen LogP contribution in [-0.2, 0) is 0 Å². The Labute approximate surface area is 91.7 Å². The van der Waals surface area contributed by atoms with Gasteiger partial charge in [-0.2, -0.15) is 0 Å². The van der Waals surface area contributed by atoms with Crippen LogP contribution in [0.4, 0.5) is 0 Å². The third-order valence-corrected chi connectivity index (χ3v) is 3.06. The number of nitrogens with zero attached hydrogens (tertiary/aromatic N) is 1. The molecule has 0 aliphatic heterocycles. The lowest BCUT2D eigenvalue weighted by atomic mass is 10.0. The van der Waals surface area contributed by atoms with E-state index in [1.165, 1.54) is 22.3 Å². The fourth-order valence-electron chi connectivity index (χ4n) is 1.43. The molecule has 76 valence electrons. The number of benzene rings is 1. The lowest BCUT2D eigenvalue weighted by Gasteiger charge is -2.17. The minimum atomic E-state index is 0.908. The van der Waals surface area contributed by atoms with Crippen LogP contribution in [0, 0.1) is 20.8 Å². The van der Waals surface area contributed by atoms with Gasteiger partial charge in [-0.1, -0.05) is 18.3 Å². The summed E-state index contributed by atoms with van der Waals surface area (Å²) in [5, 5.41) is 0. The standard InChI is InChI=1S/C12H17NS/c1-8-6-10(3)11(7-9(8)2)12(14)13(4)5/h6-7H,1-5H3. The number of thiocarbonyl (C=S) groups is 1. The van der Waals surface area contributed by atoms with Gasteiger partial charge >= 0.3 is 0 Å². The van der Waals surface area contributed by atoms with Crippen LogP contribution in [0.25, 0.3) is 0 Å². The van der Waals surface area contributed by atoms with Gasteiger partial charge < -0.3 is 4.90 Å². The van der Waals surface area contributed by atoms with Gasteiger partial charge in [0, 0.05) is 19.7 Å². The van der Waals surface area contributed by atoms with Crippen LogP contribution >= 0.6 is 12.2 Å². The summed E-state index contributed by atoms with van der Waals surface area (Å²) in [5.41, 5.74) is 5.06. The maximum atomic E-state index is 5.36. The summed E-state index contributed by atoms with van der Waals surface area (Å²) in [5.74, 6) is 0. The third kappa shape index (κ3) is 2.13. The van der Waals surface area contributed by atoms with E-state index in [9.17, 15) is 0 Å². The first kappa shape index (κ1) is 11.2. The van der Waals surface area contributed by atoms with E-state index in [1.54, 1.807) is 0 Å². The molecule has 0 fully saturated rings. The molecule has 0 atom stereocenters. The SMILES string of the molecule is Cc1cc(C)c(C(=S)N(C)C)cc1C. The summed E-state index contributed by atoms with van der Waals surface area (Å²) in [6.45, 7) is 6.36. The van der Waals surface area contributed by atoms with E-state index in [0.717, 1.165) is 4.99 Å². The van der Waals surface area contributed by atoms with Crippen LogP contribution in [0.15, 0.2) is 12.1 Å². The molecular formula is C12H17NS. The van der Waals surface area contributed by atoms with Crippen molar-refractivity contribution >= 4 is 17.2 Å². The smallest absolute Gasteiger partial charge is 0.108 e. The van der Waals surface area contributed by atoms with Crippen molar-refractivity contribution in [3.8, 4) is 0 Å². The molecule has 0 bridgehead atoms. The van der Waals surface area contributed by atoms with E-state index in [4.69, 9.17) is 12.2 Å². The first-order valence-corrected chi connectivity index (χ1v) is 5.14. The second-order valence-corrected chi connectivity index (χ2v) is 4.34. The predicted octanol–water partition coefficient (Wildman–Crippen LogP) is 2.85. The van der Waals surface area contributed by atoms with Gasteiger partial charge in [0.05, 0.1) is 0 Å². The maximum Gasteiger partial charge on any atom is 0.108 e. The Morgan fingerprint density at radius 2 is 1.50 bits per heavy atom. The van der Waals surface area contributed by atoms with Gasteiger partial charge in [-0.05, 0) is 43.5 Å². The van der Waals surface area contributed by atoms with Gasteiger partial charge in [-0.15, -0.1) is 0 Å². The van der Waals surface area contributed by atoms with E-state index < -0.39 is 0 Å². The summed E-state index contributed by atoms with van der Waals surface area (Å²) in [7, 11) is 3.97. The predicted molar refractivity (Wildman–Crippen MR) is 66.0 cm³/mol. The number of aryl methyl sites for hydroxylation is 3. The normalized spacial score (nSPS) is 10.1. The lowest BCUT2D eigenvalue weighted by Crippen LogP contribution is -2.21. The Morgan fingerprint density at radius 1 is 1.00 bits per heavy atom. The monoisotopic (exact) mass is 207 g/mol. The van der Waals surface area contributed by atoms with Crippen molar-refractivity contribution < 1.29 is 0 Å². The largest absolute Gasteiger partial charge is 0.368 e. The minimum absolute atomic E-state index is 0.908. The summed E-state index contributed by atoms with van der Waals surface area (Å²) >= 11 is 5.36. The van der Waals surface area contributed by atoms with E-state index in [-0.39, 0.29) is 0 Å². The summed E-state index contributed by atoms with van der Waals surface area (Å²) in [6, 6.07) is 4.37. The van der Waals surface area contributed by atoms with Crippen LogP contribution in [0.5, 0.6) is 0 Å². The van der Waals surface area contributed by atoms with Crippen LogP contribution in [0.1, 0.15) is 22.3 Å². The highest BCUT2D eigenvalue weighted by Gasteiger charge is 2.08. The van der Waals surface area contributed by atoms with Gasteiger partial charge in [0.25, 0.3) is 0 Å². The van der Waals surface area contributed by atoms with E-state index in [2.05, 4.69) is 32.9 Å².